The van der Waals surface area contributed by atoms with Crippen molar-refractivity contribution >= 4 is 11.3 Å². The number of hydrogen-bond donors (Lipinski definition) is 3. The highest BCUT2D eigenvalue weighted by Gasteiger charge is 2.18. The van der Waals surface area contributed by atoms with Crippen molar-refractivity contribution < 1.29 is 14.4 Å². The molecule has 0 fully saturated rings. The minimum absolute atomic E-state index is 0.213. The Bertz CT molecular complexity index is 1080. The molecule has 0 amide bonds. The third-order valence-corrected chi connectivity index (χ3v) is 7.24. The third-order valence-electron chi connectivity index (χ3n) is 6.03. The smallest absolute Gasteiger partial charge is 0.268 e. The van der Waals surface area contributed by atoms with E-state index in [4.69, 9.17) is 20.0 Å². The van der Waals surface area contributed by atoms with Crippen LogP contribution in [-0.4, -0.2) is 65.6 Å². The summed E-state index contributed by atoms with van der Waals surface area (Å²) in [6.07, 6.45) is 0.181. The SMILES string of the molecule is CCc1cc(-c2noc(-c3cc(C)c(CN(CC)CC)s3)n2)cc(C)c1OC[C@@H](O)CNCCN. The fourth-order valence-corrected chi connectivity index (χ4v) is 5.07. The zero-order valence-corrected chi connectivity index (χ0v) is 22.4. The van der Waals surface area contributed by atoms with Crippen LogP contribution in [-0.2, 0) is 13.0 Å². The molecule has 1 aromatic carbocycles. The number of nitrogens with two attached hydrogens (primary N) is 1. The average Bonchev–Trinajstić information content (AvgIpc) is 3.48. The number of aliphatic hydroxyl groups is 1. The molecule has 0 saturated carbocycles. The lowest BCUT2D eigenvalue weighted by molar-refractivity contribution is 0.106. The number of nitrogens with zero attached hydrogens (tertiary/aromatic N) is 3. The lowest BCUT2D eigenvalue weighted by Gasteiger charge is -2.17. The Hall–Kier alpha value is -2.30. The van der Waals surface area contributed by atoms with Gasteiger partial charge in [-0.3, -0.25) is 4.90 Å². The summed E-state index contributed by atoms with van der Waals surface area (Å²) < 4.78 is 11.7. The van der Waals surface area contributed by atoms with E-state index in [1.165, 1.54) is 10.4 Å². The van der Waals surface area contributed by atoms with Gasteiger partial charge in [0.05, 0.1) is 4.88 Å². The van der Waals surface area contributed by atoms with Crippen molar-refractivity contribution in [1.82, 2.24) is 20.4 Å². The van der Waals surface area contributed by atoms with E-state index < -0.39 is 6.10 Å². The molecule has 1 atom stereocenters. The van der Waals surface area contributed by atoms with Crippen LogP contribution >= 0.6 is 11.3 Å². The van der Waals surface area contributed by atoms with Crippen LogP contribution in [0.5, 0.6) is 5.75 Å². The molecular weight excluding hydrogens is 462 g/mol. The predicted octanol–water partition coefficient (Wildman–Crippen LogP) is 3.77. The van der Waals surface area contributed by atoms with E-state index in [9.17, 15) is 5.11 Å². The Morgan fingerprint density at radius 2 is 1.94 bits per heavy atom. The minimum atomic E-state index is -0.606. The number of aliphatic hydroxyl groups excluding tert-OH is 1. The van der Waals surface area contributed by atoms with Gasteiger partial charge in [-0.2, -0.15) is 4.98 Å². The molecule has 0 spiro atoms. The fraction of sp³-hybridized carbons (Fsp3) is 0.538. The molecule has 2 heterocycles. The predicted molar refractivity (Wildman–Crippen MR) is 142 cm³/mol. The quantitative estimate of drug-likeness (QED) is 0.286. The molecule has 0 saturated heterocycles. The topological polar surface area (TPSA) is 110 Å². The van der Waals surface area contributed by atoms with Crippen LogP contribution in [0, 0.1) is 13.8 Å². The summed E-state index contributed by atoms with van der Waals surface area (Å²) in [5.74, 6) is 1.91. The number of aromatic nitrogens is 2. The third kappa shape index (κ3) is 7.11. The maximum Gasteiger partial charge on any atom is 0.268 e. The lowest BCUT2D eigenvalue weighted by Crippen LogP contribution is -2.34. The Morgan fingerprint density at radius 1 is 1.17 bits per heavy atom. The van der Waals surface area contributed by atoms with Crippen LogP contribution in [0.15, 0.2) is 22.7 Å². The molecule has 9 heteroatoms. The van der Waals surface area contributed by atoms with Gasteiger partial charge in [0.2, 0.25) is 5.82 Å². The Balaban J connectivity index is 1.76. The molecule has 4 N–H and O–H groups in total. The van der Waals surface area contributed by atoms with Crippen molar-refractivity contribution in [3.63, 3.8) is 0 Å². The van der Waals surface area contributed by atoms with Crippen LogP contribution in [0.3, 0.4) is 0 Å². The Morgan fingerprint density at radius 3 is 2.63 bits per heavy atom. The largest absolute Gasteiger partial charge is 0.490 e. The highest BCUT2D eigenvalue weighted by molar-refractivity contribution is 7.15. The minimum Gasteiger partial charge on any atom is -0.490 e. The van der Waals surface area contributed by atoms with Gasteiger partial charge >= 0.3 is 0 Å². The zero-order valence-electron chi connectivity index (χ0n) is 21.6. The number of thiophene rings is 1. The van der Waals surface area contributed by atoms with E-state index in [1.807, 2.05) is 19.1 Å². The zero-order chi connectivity index (χ0) is 25.4. The second-order valence-corrected chi connectivity index (χ2v) is 9.83. The lowest BCUT2D eigenvalue weighted by atomic mass is 10.0. The molecule has 0 radical (unpaired) electrons. The number of hydrogen-bond acceptors (Lipinski definition) is 9. The first-order chi connectivity index (χ1) is 16.9. The molecule has 2 aromatic heterocycles. The van der Waals surface area contributed by atoms with Crippen LogP contribution < -0.4 is 15.8 Å². The Labute approximate surface area is 212 Å². The van der Waals surface area contributed by atoms with E-state index in [0.29, 0.717) is 31.3 Å². The summed E-state index contributed by atoms with van der Waals surface area (Å²) in [7, 11) is 0. The monoisotopic (exact) mass is 501 g/mol. The summed E-state index contributed by atoms with van der Waals surface area (Å²) >= 11 is 1.72. The van der Waals surface area contributed by atoms with E-state index in [2.05, 4.69) is 49.1 Å². The van der Waals surface area contributed by atoms with Gasteiger partial charge in [0.15, 0.2) is 0 Å². The molecule has 0 unspecified atom stereocenters. The second-order valence-electron chi connectivity index (χ2n) is 8.69. The summed E-state index contributed by atoms with van der Waals surface area (Å²) in [6.45, 7) is 15.4. The summed E-state index contributed by atoms with van der Waals surface area (Å²) in [5.41, 5.74) is 9.64. The van der Waals surface area contributed by atoms with Gasteiger partial charge in [-0.15, -0.1) is 11.3 Å². The van der Waals surface area contributed by atoms with Gasteiger partial charge in [0.25, 0.3) is 5.89 Å². The van der Waals surface area contributed by atoms with Crippen molar-refractivity contribution in [1.29, 1.82) is 0 Å². The normalized spacial score (nSPS) is 12.5. The standard InChI is InChI=1S/C26H39N5O3S/c1-6-19-13-20(11-18(5)24(19)33-16-21(32)14-28-10-9-27)25-29-26(34-30-25)22-12-17(4)23(35-22)15-31(7-2)8-3/h11-13,21,28,32H,6-10,14-16,27H2,1-5H3/t21-/m0/s1. The molecule has 35 heavy (non-hydrogen) atoms. The average molecular weight is 502 g/mol. The van der Waals surface area contributed by atoms with Gasteiger partial charge in [-0.05, 0) is 68.2 Å². The molecule has 0 aliphatic rings. The molecule has 3 aromatic rings. The molecule has 192 valence electrons. The van der Waals surface area contributed by atoms with E-state index in [1.54, 1.807) is 11.3 Å². The Kier molecular flexibility index (Phi) is 10.2. The molecular formula is C26H39N5O3S. The summed E-state index contributed by atoms with van der Waals surface area (Å²) in [6, 6.07) is 6.18. The van der Waals surface area contributed by atoms with E-state index in [0.717, 1.165) is 53.4 Å². The van der Waals surface area contributed by atoms with Crippen molar-refractivity contribution in [2.45, 2.75) is 53.7 Å². The number of rotatable bonds is 14. The maximum absolute atomic E-state index is 10.2. The van der Waals surface area contributed by atoms with Crippen molar-refractivity contribution in [2.75, 3.05) is 39.3 Å². The van der Waals surface area contributed by atoms with E-state index >= 15 is 0 Å². The van der Waals surface area contributed by atoms with Gasteiger partial charge < -0.3 is 25.4 Å². The van der Waals surface area contributed by atoms with Gasteiger partial charge in [0.1, 0.15) is 18.5 Å². The van der Waals surface area contributed by atoms with Gasteiger partial charge in [0, 0.05) is 36.6 Å². The van der Waals surface area contributed by atoms with Gasteiger partial charge in [-0.1, -0.05) is 25.9 Å². The molecule has 0 aliphatic carbocycles. The number of nitrogens with one attached hydrogen (secondary N) is 1. The molecule has 8 nitrogen and oxygen atoms in total. The van der Waals surface area contributed by atoms with Crippen LogP contribution in [0.1, 0.15) is 42.3 Å². The van der Waals surface area contributed by atoms with Gasteiger partial charge in [-0.25, -0.2) is 0 Å². The first kappa shape index (κ1) is 27.3. The van der Waals surface area contributed by atoms with Crippen LogP contribution in [0.25, 0.3) is 22.2 Å². The number of aryl methyl sites for hydroxylation is 3. The fourth-order valence-electron chi connectivity index (χ4n) is 3.93. The highest BCUT2D eigenvalue weighted by Crippen LogP contribution is 2.34. The first-order valence-electron chi connectivity index (χ1n) is 12.4. The van der Waals surface area contributed by atoms with Crippen LogP contribution in [0.2, 0.25) is 0 Å². The molecule has 3 rings (SSSR count). The molecule has 0 aliphatic heterocycles. The van der Waals surface area contributed by atoms with Crippen molar-refractivity contribution in [3.05, 3.63) is 39.8 Å². The van der Waals surface area contributed by atoms with Crippen molar-refractivity contribution in [2.24, 2.45) is 5.73 Å². The van der Waals surface area contributed by atoms with Crippen molar-refractivity contribution in [3.8, 4) is 27.9 Å². The first-order valence-corrected chi connectivity index (χ1v) is 13.2. The van der Waals surface area contributed by atoms with Crippen LogP contribution in [0.4, 0.5) is 0 Å². The molecule has 0 bridgehead atoms. The number of benzene rings is 1. The number of ether oxygens (including phenoxy) is 1. The van der Waals surface area contributed by atoms with E-state index in [-0.39, 0.29) is 6.61 Å². The second kappa shape index (κ2) is 13.1. The summed E-state index contributed by atoms with van der Waals surface area (Å²) in [5, 5.41) is 17.5. The maximum atomic E-state index is 10.2. The summed E-state index contributed by atoms with van der Waals surface area (Å²) in [4.78, 5) is 9.43. The highest BCUT2D eigenvalue weighted by atomic mass is 32.1.